The highest BCUT2D eigenvalue weighted by Gasteiger charge is 2.21. The Balaban J connectivity index is 1.57. The molecule has 1 saturated heterocycles. The maximum absolute atomic E-state index is 12.3. The number of ether oxygens (including phenoxy) is 1. The van der Waals surface area contributed by atoms with E-state index in [2.05, 4.69) is 10.0 Å². The smallest absolute Gasteiger partial charge is 0.251 e. The number of benzene rings is 1. The number of carbonyl (C=O) groups is 1. The topological polar surface area (TPSA) is 84.5 Å². The van der Waals surface area contributed by atoms with E-state index in [-0.39, 0.29) is 29.5 Å². The lowest BCUT2D eigenvalue weighted by Crippen LogP contribution is -2.36. The lowest BCUT2D eigenvalue weighted by atomic mass is 9.95. The van der Waals surface area contributed by atoms with Gasteiger partial charge in [-0.25, -0.2) is 13.1 Å². The monoisotopic (exact) mass is 366 g/mol. The lowest BCUT2D eigenvalue weighted by molar-refractivity contribution is 0.0927. The quantitative estimate of drug-likeness (QED) is 0.808. The van der Waals surface area contributed by atoms with Crippen LogP contribution in [0, 0.1) is 0 Å². The van der Waals surface area contributed by atoms with E-state index in [4.69, 9.17) is 4.74 Å². The molecule has 3 rings (SSSR count). The Morgan fingerprint density at radius 3 is 2.40 bits per heavy atom. The molecule has 0 bridgehead atoms. The molecule has 7 heteroatoms. The second kappa shape index (κ2) is 8.29. The number of nitrogens with one attached hydrogen (secondary N) is 2. The highest BCUT2D eigenvalue weighted by Crippen LogP contribution is 2.18. The fourth-order valence-electron chi connectivity index (χ4n) is 3.39. The summed E-state index contributed by atoms with van der Waals surface area (Å²) >= 11 is 0. The number of carbonyl (C=O) groups excluding carboxylic acids is 1. The number of sulfonamides is 1. The molecule has 0 aromatic heterocycles. The Labute approximate surface area is 149 Å². The van der Waals surface area contributed by atoms with Gasteiger partial charge < -0.3 is 10.1 Å². The van der Waals surface area contributed by atoms with Crippen molar-refractivity contribution >= 4 is 15.9 Å². The maximum Gasteiger partial charge on any atom is 0.251 e. The number of rotatable bonds is 6. The van der Waals surface area contributed by atoms with Gasteiger partial charge in [-0.05, 0) is 49.9 Å². The molecule has 2 fully saturated rings. The van der Waals surface area contributed by atoms with E-state index >= 15 is 0 Å². The first-order chi connectivity index (χ1) is 12.0. The second-order valence-corrected chi connectivity index (χ2v) is 8.59. The third-order valence-electron chi connectivity index (χ3n) is 4.89. The highest BCUT2D eigenvalue weighted by molar-refractivity contribution is 7.89. The summed E-state index contributed by atoms with van der Waals surface area (Å²) in [5, 5.41) is 3.04. The molecule has 0 spiro atoms. The Hall–Kier alpha value is -1.44. The molecule has 0 unspecified atom stereocenters. The van der Waals surface area contributed by atoms with E-state index in [1.807, 2.05) is 0 Å². The van der Waals surface area contributed by atoms with Crippen LogP contribution in [-0.2, 0) is 14.8 Å². The van der Waals surface area contributed by atoms with Gasteiger partial charge >= 0.3 is 0 Å². The number of hydrogen-bond acceptors (Lipinski definition) is 4. The van der Waals surface area contributed by atoms with Crippen LogP contribution in [0.1, 0.15) is 55.3 Å². The summed E-state index contributed by atoms with van der Waals surface area (Å²) in [5.74, 6) is -0.136. The first-order valence-electron chi connectivity index (χ1n) is 9.07. The average molecular weight is 366 g/mol. The second-order valence-electron chi connectivity index (χ2n) is 6.82. The van der Waals surface area contributed by atoms with Crippen LogP contribution in [0.5, 0.6) is 0 Å². The maximum atomic E-state index is 12.3. The van der Waals surface area contributed by atoms with Crippen LogP contribution in [-0.4, -0.2) is 39.6 Å². The van der Waals surface area contributed by atoms with Crippen LogP contribution < -0.4 is 10.0 Å². The Bertz CT molecular complexity index is 676. The molecule has 1 aliphatic heterocycles. The van der Waals surface area contributed by atoms with E-state index in [1.165, 1.54) is 18.6 Å². The fourth-order valence-corrected chi connectivity index (χ4v) is 4.46. The van der Waals surface area contributed by atoms with E-state index in [1.54, 1.807) is 12.1 Å². The third-order valence-corrected chi connectivity index (χ3v) is 6.33. The average Bonchev–Trinajstić information content (AvgIpc) is 3.15. The van der Waals surface area contributed by atoms with E-state index in [9.17, 15) is 13.2 Å². The minimum Gasteiger partial charge on any atom is -0.377 e. The molecule has 1 aromatic carbocycles. The van der Waals surface area contributed by atoms with Gasteiger partial charge in [0.25, 0.3) is 5.91 Å². The Morgan fingerprint density at radius 1 is 1.04 bits per heavy atom. The summed E-state index contributed by atoms with van der Waals surface area (Å²) in [7, 11) is -3.58. The molecule has 1 atom stereocenters. The minimum absolute atomic E-state index is 0.0460. The van der Waals surface area contributed by atoms with Gasteiger partial charge in [-0.15, -0.1) is 0 Å². The molecule has 138 valence electrons. The van der Waals surface area contributed by atoms with Gasteiger partial charge in [0.05, 0.1) is 11.0 Å². The van der Waals surface area contributed by atoms with Crippen molar-refractivity contribution in [2.75, 3.05) is 13.2 Å². The van der Waals surface area contributed by atoms with Crippen molar-refractivity contribution in [1.82, 2.24) is 10.0 Å². The molecule has 25 heavy (non-hydrogen) atoms. The first kappa shape index (κ1) is 18.4. The normalized spacial score (nSPS) is 22.0. The van der Waals surface area contributed by atoms with Crippen molar-refractivity contribution in [3.05, 3.63) is 29.8 Å². The molecule has 1 aromatic rings. The highest BCUT2D eigenvalue weighted by atomic mass is 32.2. The van der Waals surface area contributed by atoms with Crippen LogP contribution in [0.3, 0.4) is 0 Å². The summed E-state index contributed by atoms with van der Waals surface area (Å²) < 4.78 is 32.6. The zero-order valence-corrected chi connectivity index (χ0v) is 15.2. The predicted octanol–water partition coefficient (Wildman–Crippen LogP) is 2.21. The van der Waals surface area contributed by atoms with E-state index < -0.39 is 10.0 Å². The first-order valence-corrected chi connectivity index (χ1v) is 10.5. The molecule has 6 nitrogen and oxygen atoms in total. The fraction of sp³-hybridized carbons (Fsp3) is 0.611. The van der Waals surface area contributed by atoms with E-state index in [0.29, 0.717) is 12.2 Å². The Morgan fingerprint density at radius 2 is 1.76 bits per heavy atom. The number of hydrogen-bond donors (Lipinski definition) is 2. The summed E-state index contributed by atoms with van der Waals surface area (Å²) in [4.78, 5) is 12.4. The minimum atomic E-state index is -3.58. The number of amides is 1. The van der Waals surface area contributed by atoms with Crippen molar-refractivity contribution < 1.29 is 17.9 Å². The van der Waals surface area contributed by atoms with Gasteiger partial charge in [-0.2, -0.15) is 0 Å². The van der Waals surface area contributed by atoms with Crippen molar-refractivity contribution in [1.29, 1.82) is 0 Å². The van der Waals surface area contributed by atoms with Gasteiger partial charge in [-0.1, -0.05) is 19.3 Å². The summed E-state index contributed by atoms with van der Waals surface area (Å²) in [5.41, 5.74) is 0.489. The zero-order valence-electron chi connectivity index (χ0n) is 14.4. The largest absolute Gasteiger partial charge is 0.377 e. The molecule has 1 amide bonds. The SMILES string of the molecule is O=C(NC1CCCCC1)c1ccc(S(=O)(=O)NC[C@@H]2CCCO2)cc1. The zero-order chi connectivity index (χ0) is 17.7. The summed E-state index contributed by atoms with van der Waals surface area (Å²) in [6.45, 7) is 0.976. The molecule has 2 N–H and O–H groups in total. The van der Waals surface area contributed by atoms with Crippen LogP contribution in [0.4, 0.5) is 0 Å². The van der Waals surface area contributed by atoms with Crippen LogP contribution >= 0.6 is 0 Å². The van der Waals surface area contributed by atoms with Crippen molar-refractivity contribution in [3.8, 4) is 0 Å². The van der Waals surface area contributed by atoms with E-state index in [0.717, 1.165) is 38.5 Å². The molecular weight excluding hydrogens is 340 g/mol. The molecule has 1 aliphatic carbocycles. The van der Waals surface area contributed by atoms with Gasteiger partial charge in [0, 0.05) is 24.8 Å². The Kier molecular flexibility index (Phi) is 6.09. The van der Waals surface area contributed by atoms with Gasteiger partial charge in [0.2, 0.25) is 10.0 Å². The molecule has 2 aliphatic rings. The predicted molar refractivity (Wildman–Crippen MR) is 94.9 cm³/mol. The molecule has 0 radical (unpaired) electrons. The lowest BCUT2D eigenvalue weighted by Gasteiger charge is -2.22. The van der Waals surface area contributed by atoms with Gasteiger partial charge in [-0.3, -0.25) is 4.79 Å². The third kappa shape index (κ3) is 5.03. The van der Waals surface area contributed by atoms with Crippen molar-refractivity contribution in [2.45, 2.75) is 62.0 Å². The summed E-state index contributed by atoms with van der Waals surface area (Å²) in [6.07, 6.45) is 7.38. The summed E-state index contributed by atoms with van der Waals surface area (Å²) in [6, 6.07) is 6.33. The van der Waals surface area contributed by atoms with Gasteiger partial charge in [0.15, 0.2) is 0 Å². The van der Waals surface area contributed by atoms with Crippen molar-refractivity contribution in [2.24, 2.45) is 0 Å². The van der Waals surface area contributed by atoms with Crippen LogP contribution in [0.25, 0.3) is 0 Å². The molecule has 1 saturated carbocycles. The van der Waals surface area contributed by atoms with Crippen LogP contribution in [0.15, 0.2) is 29.2 Å². The molecule has 1 heterocycles. The standard InChI is InChI=1S/C18H26N2O4S/c21-18(20-15-5-2-1-3-6-15)14-8-10-17(11-9-14)25(22,23)19-13-16-7-4-12-24-16/h8-11,15-16,19H,1-7,12-13H2,(H,20,21)/t16-/m0/s1. The van der Waals surface area contributed by atoms with Crippen LogP contribution in [0.2, 0.25) is 0 Å². The van der Waals surface area contributed by atoms with Crippen molar-refractivity contribution in [3.63, 3.8) is 0 Å². The molecular formula is C18H26N2O4S. The van der Waals surface area contributed by atoms with Gasteiger partial charge in [0.1, 0.15) is 0 Å².